The summed E-state index contributed by atoms with van der Waals surface area (Å²) in [5.74, 6) is 0. The van der Waals surface area contributed by atoms with Gasteiger partial charge in [0.05, 0.1) is 10.4 Å². The summed E-state index contributed by atoms with van der Waals surface area (Å²) < 4.78 is 0.899. The van der Waals surface area contributed by atoms with Crippen LogP contribution in [0.4, 0.5) is 0 Å². The third-order valence-corrected chi connectivity index (χ3v) is 5.41. The van der Waals surface area contributed by atoms with Crippen molar-refractivity contribution < 1.29 is 0 Å². The summed E-state index contributed by atoms with van der Waals surface area (Å²) >= 11 is 7.98. The summed E-state index contributed by atoms with van der Waals surface area (Å²) in [7, 11) is 0. The van der Waals surface area contributed by atoms with Gasteiger partial charge in [-0.1, -0.05) is 36.2 Å². The van der Waals surface area contributed by atoms with Crippen LogP contribution >= 0.6 is 22.9 Å². The Morgan fingerprint density at radius 1 is 1.05 bits per heavy atom. The van der Waals surface area contributed by atoms with Crippen molar-refractivity contribution in [2.75, 3.05) is 6.54 Å². The fraction of sp³-hybridized carbons (Fsp3) is 0.444. The molecule has 0 saturated carbocycles. The van der Waals surface area contributed by atoms with E-state index in [-0.39, 0.29) is 6.04 Å². The lowest BCUT2D eigenvalue weighted by atomic mass is 9.93. The van der Waals surface area contributed by atoms with Gasteiger partial charge in [0.2, 0.25) is 0 Å². The van der Waals surface area contributed by atoms with Gasteiger partial charge in [0.25, 0.3) is 0 Å². The van der Waals surface area contributed by atoms with E-state index < -0.39 is 0 Å². The van der Waals surface area contributed by atoms with Gasteiger partial charge in [-0.05, 0) is 69.0 Å². The monoisotopic (exact) mass is 321 g/mol. The van der Waals surface area contributed by atoms with Crippen LogP contribution in [0.2, 0.25) is 4.34 Å². The van der Waals surface area contributed by atoms with Crippen molar-refractivity contribution >= 4 is 22.9 Å². The highest BCUT2D eigenvalue weighted by Gasteiger charge is 2.20. The first-order valence-corrected chi connectivity index (χ1v) is 8.70. The Morgan fingerprint density at radius 2 is 1.67 bits per heavy atom. The van der Waals surface area contributed by atoms with Gasteiger partial charge < -0.3 is 5.32 Å². The second kappa shape index (κ2) is 6.95. The fourth-order valence-electron chi connectivity index (χ4n) is 2.91. The molecule has 3 heteroatoms. The third kappa shape index (κ3) is 3.68. The van der Waals surface area contributed by atoms with Crippen LogP contribution in [0.1, 0.15) is 52.1 Å². The van der Waals surface area contributed by atoms with Gasteiger partial charge in [-0.15, -0.1) is 11.3 Å². The van der Waals surface area contributed by atoms with E-state index in [1.165, 1.54) is 32.7 Å². The van der Waals surface area contributed by atoms with E-state index in [0.29, 0.717) is 0 Å². The molecular weight excluding hydrogens is 298 g/mol. The number of hydrogen-bond acceptors (Lipinski definition) is 2. The molecule has 0 fully saturated rings. The first-order chi connectivity index (χ1) is 9.93. The summed E-state index contributed by atoms with van der Waals surface area (Å²) in [6.07, 6.45) is 1.12. The zero-order valence-electron chi connectivity index (χ0n) is 13.5. The van der Waals surface area contributed by atoms with E-state index >= 15 is 0 Å². The quantitative estimate of drug-likeness (QED) is 0.742. The molecule has 0 saturated heterocycles. The normalized spacial score (nSPS) is 12.7. The smallest absolute Gasteiger partial charge is 0.0961 e. The molecule has 0 radical (unpaired) electrons. The average Bonchev–Trinajstić information content (AvgIpc) is 2.72. The number of benzene rings is 1. The third-order valence-electron chi connectivity index (χ3n) is 3.79. The second-order valence-corrected chi connectivity index (χ2v) is 7.49. The average molecular weight is 322 g/mol. The van der Waals surface area contributed by atoms with Crippen LogP contribution in [0.15, 0.2) is 18.2 Å². The zero-order valence-corrected chi connectivity index (χ0v) is 15.1. The Balaban J connectivity index is 2.50. The van der Waals surface area contributed by atoms with E-state index in [4.69, 9.17) is 11.6 Å². The molecule has 1 nitrogen and oxygen atoms in total. The standard InChI is InChI=1S/C18H24ClNS/c1-6-7-20-17(15-10-14(5)18(19)21-15)16-12(3)8-11(2)9-13(16)4/h8-10,17,20H,6-7H2,1-5H3. The molecule has 1 aromatic heterocycles. The van der Waals surface area contributed by atoms with Crippen LogP contribution in [-0.4, -0.2) is 6.54 Å². The van der Waals surface area contributed by atoms with Gasteiger partial charge in [0.1, 0.15) is 0 Å². The Morgan fingerprint density at radius 3 is 2.14 bits per heavy atom. The molecule has 21 heavy (non-hydrogen) atoms. The fourth-order valence-corrected chi connectivity index (χ4v) is 4.21. The molecule has 0 spiro atoms. The molecule has 0 aliphatic carbocycles. The van der Waals surface area contributed by atoms with E-state index in [9.17, 15) is 0 Å². The van der Waals surface area contributed by atoms with E-state index in [0.717, 1.165) is 17.3 Å². The predicted octanol–water partition coefficient (Wildman–Crippen LogP) is 5.72. The van der Waals surface area contributed by atoms with Gasteiger partial charge in [-0.2, -0.15) is 0 Å². The van der Waals surface area contributed by atoms with E-state index in [2.05, 4.69) is 58.1 Å². The van der Waals surface area contributed by atoms with Crippen molar-refractivity contribution in [2.24, 2.45) is 0 Å². The Kier molecular flexibility index (Phi) is 5.48. The van der Waals surface area contributed by atoms with Crippen molar-refractivity contribution in [3.05, 3.63) is 55.2 Å². The van der Waals surface area contributed by atoms with Crippen molar-refractivity contribution in [2.45, 2.75) is 47.1 Å². The Labute approximate surface area is 137 Å². The van der Waals surface area contributed by atoms with Crippen LogP contribution in [0.5, 0.6) is 0 Å². The summed E-state index contributed by atoms with van der Waals surface area (Å²) in [6.45, 7) is 11.9. The molecular formula is C18H24ClNS. The lowest BCUT2D eigenvalue weighted by Gasteiger charge is -2.22. The predicted molar refractivity (Wildman–Crippen MR) is 94.9 cm³/mol. The van der Waals surface area contributed by atoms with Gasteiger partial charge in [0.15, 0.2) is 0 Å². The van der Waals surface area contributed by atoms with E-state index in [1.807, 2.05) is 0 Å². The van der Waals surface area contributed by atoms with Gasteiger partial charge in [-0.3, -0.25) is 0 Å². The minimum Gasteiger partial charge on any atom is -0.306 e. The van der Waals surface area contributed by atoms with Crippen LogP contribution in [0.3, 0.4) is 0 Å². The molecule has 1 atom stereocenters. The molecule has 0 aliphatic heterocycles. The molecule has 2 aromatic rings. The highest BCUT2D eigenvalue weighted by molar-refractivity contribution is 7.16. The van der Waals surface area contributed by atoms with Gasteiger partial charge >= 0.3 is 0 Å². The van der Waals surface area contributed by atoms with Crippen LogP contribution in [-0.2, 0) is 0 Å². The highest BCUT2D eigenvalue weighted by Crippen LogP contribution is 2.36. The number of hydrogen-bond donors (Lipinski definition) is 1. The summed E-state index contributed by atoms with van der Waals surface area (Å²) in [5.41, 5.74) is 6.59. The van der Waals surface area contributed by atoms with Gasteiger partial charge in [-0.25, -0.2) is 0 Å². The molecule has 1 heterocycles. The molecule has 1 N–H and O–H groups in total. The minimum absolute atomic E-state index is 0.238. The maximum atomic E-state index is 6.29. The minimum atomic E-state index is 0.238. The van der Waals surface area contributed by atoms with Crippen LogP contribution in [0, 0.1) is 27.7 Å². The Hall–Kier alpha value is -0.830. The highest BCUT2D eigenvalue weighted by atomic mass is 35.5. The molecule has 1 unspecified atom stereocenters. The van der Waals surface area contributed by atoms with Crippen LogP contribution < -0.4 is 5.32 Å². The second-order valence-electron chi connectivity index (χ2n) is 5.81. The van der Waals surface area contributed by atoms with Crippen molar-refractivity contribution in [3.8, 4) is 0 Å². The lowest BCUT2D eigenvalue weighted by Crippen LogP contribution is -2.24. The summed E-state index contributed by atoms with van der Waals surface area (Å²) in [6, 6.07) is 7.00. The number of rotatable bonds is 5. The first-order valence-electron chi connectivity index (χ1n) is 7.51. The summed E-state index contributed by atoms with van der Waals surface area (Å²) in [5, 5.41) is 3.70. The maximum Gasteiger partial charge on any atom is 0.0961 e. The topological polar surface area (TPSA) is 12.0 Å². The number of nitrogens with one attached hydrogen (secondary N) is 1. The molecule has 0 amide bonds. The first kappa shape index (κ1) is 16.5. The zero-order chi connectivity index (χ0) is 15.6. The number of aryl methyl sites for hydroxylation is 4. The molecule has 0 aliphatic rings. The van der Waals surface area contributed by atoms with Crippen molar-refractivity contribution in [3.63, 3.8) is 0 Å². The SMILES string of the molecule is CCCNC(c1cc(C)c(Cl)s1)c1c(C)cc(C)cc1C. The van der Waals surface area contributed by atoms with Crippen molar-refractivity contribution in [1.29, 1.82) is 0 Å². The maximum absolute atomic E-state index is 6.29. The van der Waals surface area contributed by atoms with Crippen molar-refractivity contribution in [1.82, 2.24) is 5.32 Å². The van der Waals surface area contributed by atoms with Crippen LogP contribution in [0.25, 0.3) is 0 Å². The molecule has 2 rings (SSSR count). The van der Waals surface area contributed by atoms with Gasteiger partial charge in [0, 0.05) is 4.88 Å². The molecule has 0 bridgehead atoms. The molecule has 1 aromatic carbocycles. The number of thiophene rings is 1. The van der Waals surface area contributed by atoms with E-state index in [1.54, 1.807) is 11.3 Å². The largest absolute Gasteiger partial charge is 0.306 e. The molecule has 114 valence electrons. The lowest BCUT2D eigenvalue weighted by molar-refractivity contribution is 0.601. The summed E-state index contributed by atoms with van der Waals surface area (Å²) in [4.78, 5) is 1.31. The number of halogens is 1. The Bertz CT molecular complexity index is 588.